The molecule has 0 aromatic heterocycles. The number of benzene rings is 6. The number of aryl methyl sites for hydroxylation is 1. The van der Waals surface area contributed by atoms with Crippen molar-refractivity contribution in [3.8, 4) is 0 Å². The van der Waals surface area contributed by atoms with Gasteiger partial charge in [0.25, 0.3) is 11.8 Å². The lowest BCUT2D eigenvalue weighted by molar-refractivity contribution is -0.113. The molecule has 0 bridgehead atoms. The maximum atomic E-state index is 14.8. The summed E-state index contributed by atoms with van der Waals surface area (Å²) in [5.41, 5.74) is 3.22. The van der Waals surface area contributed by atoms with Crippen LogP contribution in [-0.2, 0) is 4.79 Å². The Labute approximate surface area is 283 Å². The average Bonchev–Trinajstić information content (AvgIpc) is 3.12. The van der Waals surface area contributed by atoms with E-state index in [-0.39, 0.29) is 24.0 Å². The van der Waals surface area contributed by atoms with E-state index < -0.39 is 13.2 Å². The maximum absolute atomic E-state index is 14.8. The molecule has 0 aliphatic rings. The van der Waals surface area contributed by atoms with Crippen LogP contribution in [-0.4, -0.2) is 11.8 Å². The van der Waals surface area contributed by atoms with Crippen molar-refractivity contribution in [3.05, 3.63) is 198 Å². The third-order valence-electron chi connectivity index (χ3n) is 7.86. The number of rotatable bonds is 9. The normalized spacial score (nSPS) is 11.4. The minimum Gasteiger partial charge on any atom is -0.321 e. The van der Waals surface area contributed by atoms with Gasteiger partial charge in [-0.25, -0.2) is 0 Å². The number of anilines is 1. The van der Waals surface area contributed by atoms with Crippen LogP contribution >= 0.6 is 19.7 Å². The van der Waals surface area contributed by atoms with Gasteiger partial charge >= 0.3 is 0 Å². The van der Waals surface area contributed by atoms with Gasteiger partial charge in [0, 0.05) is 16.8 Å². The van der Waals surface area contributed by atoms with Crippen LogP contribution in [0.1, 0.15) is 21.5 Å². The van der Waals surface area contributed by atoms with Crippen molar-refractivity contribution < 1.29 is 9.59 Å². The quantitative estimate of drug-likeness (QED) is 0.122. The lowest BCUT2D eigenvalue weighted by atomic mass is 10.1. The monoisotopic (exact) mass is 653 g/mol. The van der Waals surface area contributed by atoms with Crippen LogP contribution < -0.4 is 26.5 Å². The van der Waals surface area contributed by atoms with Crippen LogP contribution in [0.15, 0.2) is 182 Å². The fourth-order valence-electron chi connectivity index (χ4n) is 5.72. The van der Waals surface area contributed by atoms with Gasteiger partial charge in [0.1, 0.15) is 28.5 Å². The number of halogens is 1. The van der Waals surface area contributed by atoms with Crippen molar-refractivity contribution in [1.29, 1.82) is 0 Å². The molecule has 4 nitrogen and oxygen atoms in total. The third kappa shape index (κ3) is 7.10. The zero-order valence-corrected chi connectivity index (χ0v) is 27.6. The van der Waals surface area contributed by atoms with Crippen LogP contribution in [0.3, 0.4) is 0 Å². The van der Waals surface area contributed by atoms with Crippen LogP contribution in [0.4, 0.5) is 5.69 Å². The molecule has 232 valence electrons. The fourth-order valence-corrected chi connectivity index (χ4v) is 10.3. The van der Waals surface area contributed by atoms with Crippen molar-refractivity contribution in [2.45, 2.75) is 6.92 Å². The Hall–Kier alpha value is -5.28. The Morgan fingerprint density at radius 2 is 0.872 bits per heavy atom. The third-order valence-corrected chi connectivity index (χ3v) is 12.2. The minimum atomic E-state index is -2.85. The minimum absolute atomic E-state index is 0. The summed E-state index contributed by atoms with van der Waals surface area (Å²) in [6.45, 7) is 2.00. The first kappa shape index (κ1) is 33.1. The Bertz CT molecular complexity index is 1850. The van der Waals surface area contributed by atoms with E-state index in [1.54, 1.807) is 12.1 Å². The van der Waals surface area contributed by atoms with Crippen molar-refractivity contribution in [2.24, 2.45) is 0 Å². The molecule has 6 heteroatoms. The molecule has 0 aliphatic carbocycles. The molecule has 0 unspecified atom stereocenters. The summed E-state index contributed by atoms with van der Waals surface area (Å²) in [7, 11) is -2.85. The average molecular weight is 654 g/mol. The molecular formula is C41H35ClN2O2P+. The van der Waals surface area contributed by atoms with Gasteiger partial charge in [-0.3, -0.25) is 9.59 Å². The molecule has 47 heavy (non-hydrogen) atoms. The van der Waals surface area contributed by atoms with Crippen LogP contribution in [0.25, 0.3) is 5.31 Å². The molecule has 6 aromatic rings. The highest BCUT2D eigenvalue weighted by Crippen LogP contribution is 2.67. The molecule has 0 spiro atoms. The molecule has 2 N–H and O–H groups in total. The van der Waals surface area contributed by atoms with Gasteiger partial charge in [-0.1, -0.05) is 121 Å². The van der Waals surface area contributed by atoms with E-state index in [0.717, 1.165) is 32.4 Å². The summed E-state index contributed by atoms with van der Waals surface area (Å²) < 4.78 is 0. The van der Waals surface area contributed by atoms with E-state index in [1.165, 1.54) is 0 Å². The van der Waals surface area contributed by atoms with E-state index in [2.05, 4.69) is 47.0 Å². The van der Waals surface area contributed by atoms with Gasteiger partial charge in [0.2, 0.25) is 0 Å². The summed E-state index contributed by atoms with van der Waals surface area (Å²) in [6.07, 6.45) is 0. The fraction of sp³-hybridized carbons (Fsp3) is 0.0244. The Kier molecular flexibility index (Phi) is 10.8. The van der Waals surface area contributed by atoms with Crippen molar-refractivity contribution in [1.82, 2.24) is 5.32 Å². The van der Waals surface area contributed by atoms with E-state index in [4.69, 9.17) is 0 Å². The molecule has 0 fully saturated rings. The van der Waals surface area contributed by atoms with Gasteiger partial charge in [-0.05, 0) is 67.6 Å². The molecule has 0 radical (unpaired) electrons. The second-order valence-corrected chi connectivity index (χ2v) is 14.2. The number of carbonyl (C=O) groups is 2. The topological polar surface area (TPSA) is 58.2 Å². The summed E-state index contributed by atoms with van der Waals surface area (Å²) in [5.74, 6) is -0.769. The number of hydrogen-bond acceptors (Lipinski definition) is 2. The molecule has 0 saturated heterocycles. The second-order valence-electron chi connectivity index (χ2n) is 10.9. The Morgan fingerprint density at radius 1 is 0.489 bits per heavy atom. The van der Waals surface area contributed by atoms with Crippen LogP contribution in [0.2, 0.25) is 0 Å². The molecule has 6 aromatic carbocycles. The van der Waals surface area contributed by atoms with Gasteiger partial charge in [0.15, 0.2) is 5.70 Å². The second kappa shape index (κ2) is 15.3. The number of amides is 2. The van der Waals surface area contributed by atoms with Crippen molar-refractivity contribution >= 4 is 58.4 Å². The van der Waals surface area contributed by atoms with E-state index in [0.29, 0.717) is 11.3 Å². The predicted molar refractivity (Wildman–Crippen MR) is 199 cm³/mol. The number of nitrogens with one attached hydrogen (secondary N) is 2. The van der Waals surface area contributed by atoms with E-state index in [9.17, 15) is 9.59 Å². The lowest BCUT2D eigenvalue weighted by Crippen LogP contribution is -2.37. The summed E-state index contributed by atoms with van der Waals surface area (Å²) in [4.78, 5) is 28.8. The van der Waals surface area contributed by atoms with Crippen molar-refractivity contribution in [2.75, 3.05) is 5.32 Å². The smallest absolute Gasteiger partial charge is 0.276 e. The first-order chi connectivity index (χ1) is 22.6. The number of carbonyl (C=O) groups excluding carboxylic acids is 2. The van der Waals surface area contributed by atoms with E-state index in [1.807, 2.05) is 134 Å². The Balaban J connectivity index is 0.00000433. The molecule has 2 amide bonds. The molecule has 0 atom stereocenters. The SMILES string of the molecule is Cc1ccc(NC(=O)/C(NC(=O)c2ccccc2)=C(\c2ccccc2)[P+](c2ccccc2)(c2ccccc2)c2ccccc2)cc1.Cl. The van der Waals surface area contributed by atoms with Gasteiger partial charge < -0.3 is 10.6 Å². The summed E-state index contributed by atoms with van der Waals surface area (Å²) >= 11 is 0. The van der Waals surface area contributed by atoms with Gasteiger partial charge in [-0.15, -0.1) is 12.4 Å². The zero-order valence-electron chi connectivity index (χ0n) is 25.9. The first-order valence-electron chi connectivity index (χ1n) is 15.2. The highest BCUT2D eigenvalue weighted by molar-refractivity contribution is 8.03. The zero-order chi connectivity index (χ0) is 31.8. The molecule has 6 rings (SSSR count). The largest absolute Gasteiger partial charge is 0.321 e. The summed E-state index contributed by atoms with van der Waals surface area (Å²) in [6, 6.07) is 57.6. The molecule has 0 saturated carbocycles. The highest BCUT2D eigenvalue weighted by atomic mass is 35.5. The standard InChI is InChI=1S/C41H33N2O2P.ClH/c1-31-27-29-34(30-28-31)42-41(45)38(43-40(44)33-19-9-3-10-20-33)39(32-17-7-2-8-18-32)46(35-21-11-4-12-22-35,36-23-13-5-14-24-36)37-25-15-6-16-26-37;/h2-30H,1H3,(H-,42,43,44,45);1H/p+1/b39-38-;. The first-order valence-corrected chi connectivity index (χ1v) is 17.0. The molecule has 0 heterocycles. The van der Waals surface area contributed by atoms with Crippen LogP contribution in [0.5, 0.6) is 0 Å². The Morgan fingerprint density at radius 3 is 1.30 bits per heavy atom. The summed E-state index contributed by atoms with van der Waals surface area (Å²) in [5, 5.41) is 10.2. The van der Waals surface area contributed by atoms with Gasteiger partial charge in [-0.2, -0.15) is 0 Å². The van der Waals surface area contributed by atoms with E-state index >= 15 is 0 Å². The van der Waals surface area contributed by atoms with Crippen molar-refractivity contribution in [3.63, 3.8) is 0 Å². The maximum Gasteiger partial charge on any atom is 0.276 e. The molecular weight excluding hydrogens is 619 g/mol. The van der Waals surface area contributed by atoms with Crippen LogP contribution in [0, 0.1) is 6.92 Å². The molecule has 0 aliphatic heterocycles. The highest BCUT2D eigenvalue weighted by Gasteiger charge is 2.52. The van der Waals surface area contributed by atoms with Gasteiger partial charge in [0.05, 0.1) is 0 Å². The number of hydrogen-bond donors (Lipinski definition) is 2. The lowest BCUT2D eigenvalue weighted by Gasteiger charge is -2.31. The predicted octanol–water partition coefficient (Wildman–Crippen LogP) is 8.15.